The van der Waals surface area contributed by atoms with Crippen LogP contribution < -0.4 is 4.74 Å². The minimum atomic E-state index is -3.79. The van der Waals surface area contributed by atoms with Crippen LogP contribution in [0, 0.1) is 0 Å². The van der Waals surface area contributed by atoms with Gasteiger partial charge in [0.05, 0.1) is 4.90 Å². The summed E-state index contributed by atoms with van der Waals surface area (Å²) in [4.78, 5) is 0.0785. The van der Waals surface area contributed by atoms with Crippen molar-refractivity contribution < 1.29 is 13.2 Å². The third-order valence-electron chi connectivity index (χ3n) is 2.49. The molecule has 2 rings (SSSR count). The molecule has 0 aliphatic rings. The molecule has 0 spiro atoms. The molecule has 0 atom stereocenters. The Morgan fingerprint density at radius 3 is 2.42 bits per heavy atom. The average Bonchev–Trinajstić information content (AvgIpc) is 2.34. The van der Waals surface area contributed by atoms with Crippen molar-refractivity contribution in [2.45, 2.75) is 4.90 Å². The van der Waals surface area contributed by atoms with Crippen molar-refractivity contribution in [3.05, 3.63) is 47.5 Å². The summed E-state index contributed by atoms with van der Waals surface area (Å²) >= 11 is 3.21. The Morgan fingerprint density at radius 1 is 1.21 bits per heavy atom. The summed E-state index contributed by atoms with van der Waals surface area (Å²) in [6, 6.07) is 10.1. The third kappa shape index (κ3) is 3.29. The van der Waals surface area contributed by atoms with Gasteiger partial charge >= 0.3 is 0 Å². The van der Waals surface area contributed by atoms with E-state index in [1.54, 1.807) is 24.3 Å². The minimum absolute atomic E-state index is 0.0785. The Hall–Kier alpha value is -1.04. The Bertz CT molecular complexity index is 741. The lowest BCUT2D eigenvalue weighted by atomic mass is 10.1. The molecule has 0 saturated carbocycles. The van der Waals surface area contributed by atoms with Gasteiger partial charge in [-0.1, -0.05) is 46.8 Å². The molecule has 0 aliphatic heterocycles. The lowest BCUT2D eigenvalue weighted by molar-refractivity contribution is 0.365. The second-order valence-electron chi connectivity index (χ2n) is 3.85. The molecule has 2 aromatic carbocycles. The van der Waals surface area contributed by atoms with E-state index in [1.165, 1.54) is 6.07 Å². The van der Waals surface area contributed by atoms with Gasteiger partial charge in [0.2, 0.25) is 0 Å². The molecule has 0 bridgehead atoms. The topological polar surface area (TPSA) is 43.4 Å². The summed E-state index contributed by atoms with van der Waals surface area (Å²) in [6.07, 6.45) is 0. The van der Waals surface area contributed by atoms with Crippen LogP contribution in [0.25, 0.3) is 10.8 Å². The molecule has 0 radical (unpaired) electrons. The first-order valence-corrected chi connectivity index (χ1v) is 8.42. The minimum Gasteiger partial charge on any atom is -0.488 e. The highest BCUT2D eigenvalue weighted by molar-refractivity contribution is 9.11. The van der Waals surface area contributed by atoms with Gasteiger partial charge in [0.25, 0.3) is 9.05 Å². The fourth-order valence-electron chi connectivity index (χ4n) is 1.74. The quantitative estimate of drug-likeness (QED) is 0.772. The molecule has 0 unspecified atom stereocenters. The first-order valence-electron chi connectivity index (χ1n) is 5.32. The van der Waals surface area contributed by atoms with E-state index in [0.29, 0.717) is 27.6 Å². The zero-order valence-corrected chi connectivity index (χ0v) is 12.9. The standard InChI is InChI=1S/C13H10BrClO3S/c1-9(14)8-18-12-6-7-13(19(15,16)17)11-5-3-2-4-10(11)12/h2-7H,1,8H2. The van der Waals surface area contributed by atoms with Crippen molar-refractivity contribution >= 4 is 46.4 Å². The molecule has 0 fully saturated rings. The molecule has 0 aliphatic carbocycles. The zero-order valence-electron chi connectivity index (χ0n) is 9.77. The van der Waals surface area contributed by atoms with Crippen molar-refractivity contribution in [2.24, 2.45) is 0 Å². The molecular weight excluding hydrogens is 352 g/mol. The SMILES string of the molecule is C=C(Br)COc1ccc(S(=O)(=O)Cl)c2ccccc12. The molecule has 0 amide bonds. The monoisotopic (exact) mass is 360 g/mol. The van der Waals surface area contributed by atoms with E-state index in [2.05, 4.69) is 22.5 Å². The largest absolute Gasteiger partial charge is 0.488 e. The molecule has 3 nitrogen and oxygen atoms in total. The van der Waals surface area contributed by atoms with Crippen LogP contribution in [0.5, 0.6) is 5.75 Å². The highest BCUT2D eigenvalue weighted by Gasteiger charge is 2.16. The number of ether oxygens (including phenoxy) is 1. The predicted molar refractivity (Wildman–Crippen MR) is 80.5 cm³/mol. The molecular formula is C13H10BrClO3S. The van der Waals surface area contributed by atoms with E-state index >= 15 is 0 Å². The molecule has 0 heterocycles. The average molecular weight is 362 g/mol. The van der Waals surface area contributed by atoms with Crippen LogP contribution in [0.3, 0.4) is 0 Å². The first-order chi connectivity index (χ1) is 8.89. The van der Waals surface area contributed by atoms with Crippen LogP contribution in [0.4, 0.5) is 0 Å². The van der Waals surface area contributed by atoms with Gasteiger partial charge in [0, 0.05) is 25.9 Å². The van der Waals surface area contributed by atoms with Crippen molar-refractivity contribution in [3.8, 4) is 5.75 Å². The summed E-state index contributed by atoms with van der Waals surface area (Å²) in [5.74, 6) is 0.584. The lowest BCUT2D eigenvalue weighted by Gasteiger charge is -2.10. The summed E-state index contributed by atoms with van der Waals surface area (Å²) in [7, 11) is 1.64. The van der Waals surface area contributed by atoms with Crippen molar-refractivity contribution in [3.63, 3.8) is 0 Å². The Morgan fingerprint density at radius 2 is 1.84 bits per heavy atom. The maximum absolute atomic E-state index is 11.5. The zero-order chi connectivity index (χ0) is 14.0. The van der Waals surface area contributed by atoms with Gasteiger partial charge in [-0.15, -0.1) is 0 Å². The number of fused-ring (bicyclic) bond motifs is 1. The number of benzene rings is 2. The predicted octanol–water partition coefficient (Wildman–Crippen LogP) is 4.05. The molecule has 0 saturated heterocycles. The van der Waals surface area contributed by atoms with Crippen LogP contribution in [-0.2, 0) is 9.05 Å². The summed E-state index contributed by atoms with van der Waals surface area (Å²) in [5, 5.41) is 1.23. The molecule has 6 heteroatoms. The third-order valence-corrected chi connectivity index (χ3v) is 4.10. The fraction of sp³-hybridized carbons (Fsp3) is 0.0769. The maximum atomic E-state index is 11.5. The summed E-state index contributed by atoms with van der Waals surface area (Å²) in [5.41, 5.74) is 0. The van der Waals surface area contributed by atoms with Crippen LogP contribution in [0.15, 0.2) is 52.4 Å². The van der Waals surface area contributed by atoms with Gasteiger partial charge in [0.15, 0.2) is 0 Å². The van der Waals surface area contributed by atoms with Crippen LogP contribution in [-0.4, -0.2) is 15.0 Å². The van der Waals surface area contributed by atoms with E-state index in [9.17, 15) is 8.42 Å². The van der Waals surface area contributed by atoms with Gasteiger partial charge in [-0.3, -0.25) is 0 Å². The second kappa shape index (κ2) is 5.53. The Labute approximate surface area is 124 Å². The molecule has 0 N–H and O–H groups in total. The Balaban J connectivity index is 2.62. The van der Waals surface area contributed by atoms with Gasteiger partial charge in [-0.25, -0.2) is 8.42 Å². The van der Waals surface area contributed by atoms with Gasteiger partial charge in [0.1, 0.15) is 12.4 Å². The van der Waals surface area contributed by atoms with E-state index in [0.717, 1.165) is 0 Å². The normalized spacial score (nSPS) is 11.5. The van der Waals surface area contributed by atoms with E-state index in [4.69, 9.17) is 15.4 Å². The second-order valence-corrected chi connectivity index (χ2v) is 7.51. The van der Waals surface area contributed by atoms with Gasteiger partial charge in [-0.2, -0.15) is 0 Å². The Kier molecular flexibility index (Phi) is 4.18. The van der Waals surface area contributed by atoms with Gasteiger partial charge in [-0.05, 0) is 12.1 Å². The molecule has 2 aromatic rings. The number of halogens is 2. The van der Waals surface area contributed by atoms with E-state index < -0.39 is 9.05 Å². The van der Waals surface area contributed by atoms with Crippen molar-refractivity contribution in [2.75, 3.05) is 6.61 Å². The highest BCUT2D eigenvalue weighted by Crippen LogP contribution is 2.32. The lowest BCUT2D eigenvalue weighted by Crippen LogP contribution is -1.99. The molecule has 19 heavy (non-hydrogen) atoms. The number of hydrogen-bond acceptors (Lipinski definition) is 3. The van der Waals surface area contributed by atoms with E-state index in [-0.39, 0.29) is 4.90 Å². The van der Waals surface area contributed by atoms with E-state index in [1.807, 2.05) is 6.07 Å². The maximum Gasteiger partial charge on any atom is 0.261 e. The summed E-state index contributed by atoms with van der Waals surface area (Å²) in [6.45, 7) is 3.98. The van der Waals surface area contributed by atoms with Gasteiger partial charge < -0.3 is 4.74 Å². The van der Waals surface area contributed by atoms with Crippen LogP contribution in [0.2, 0.25) is 0 Å². The van der Waals surface area contributed by atoms with Crippen LogP contribution >= 0.6 is 26.6 Å². The summed E-state index contributed by atoms with van der Waals surface area (Å²) < 4.78 is 29.3. The first kappa shape index (κ1) is 14.4. The van der Waals surface area contributed by atoms with Crippen LogP contribution in [0.1, 0.15) is 0 Å². The van der Waals surface area contributed by atoms with Crippen molar-refractivity contribution in [1.82, 2.24) is 0 Å². The number of rotatable bonds is 4. The highest BCUT2D eigenvalue weighted by atomic mass is 79.9. The number of hydrogen-bond donors (Lipinski definition) is 0. The van der Waals surface area contributed by atoms with Crippen molar-refractivity contribution in [1.29, 1.82) is 0 Å². The smallest absolute Gasteiger partial charge is 0.261 e. The molecule has 0 aromatic heterocycles. The molecule has 100 valence electrons. The fourth-order valence-corrected chi connectivity index (χ4v) is 2.93.